The van der Waals surface area contributed by atoms with Crippen molar-refractivity contribution in [3.8, 4) is 5.75 Å². The van der Waals surface area contributed by atoms with E-state index in [-0.39, 0.29) is 5.75 Å². The maximum atomic E-state index is 11.4. The molecule has 7 nitrogen and oxygen atoms in total. The molecule has 0 aliphatic rings. The molecular formula is C13H17N3O4. The van der Waals surface area contributed by atoms with Crippen molar-refractivity contribution < 1.29 is 19.4 Å². The van der Waals surface area contributed by atoms with Crippen molar-refractivity contribution in [2.75, 3.05) is 20.3 Å². The first kappa shape index (κ1) is 15.6. The Morgan fingerprint density at radius 2 is 2.10 bits per heavy atom. The zero-order valence-corrected chi connectivity index (χ0v) is 11.1. The van der Waals surface area contributed by atoms with Gasteiger partial charge in [-0.1, -0.05) is 12.1 Å². The van der Waals surface area contributed by atoms with Crippen LogP contribution in [-0.2, 0) is 14.3 Å². The number of hydrogen-bond acceptors (Lipinski definition) is 5. The van der Waals surface area contributed by atoms with E-state index in [4.69, 9.17) is 4.74 Å². The SMILES string of the molecule is COCCCNC(=O)C(=O)N/N=C/c1ccccc1O. The van der Waals surface area contributed by atoms with Crippen molar-refractivity contribution in [3.63, 3.8) is 0 Å². The first-order valence-corrected chi connectivity index (χ1v) is 6.03. The Morgan fingerprint density at radius 3 is 2.80 bits per heavy atom. The van der Waals surface area contributed by atoms with Gasteiger partial charge in [0.05, 0.1) is 6.21 Å². The minimum atomic E-state index is -0.867. The minimum absolute atomic E-state index is 0.0366. The monoisotopic (exact) mass is 279 g/mol. The molecule has 0 aromatic heterocycles. The van der Waals surface area contributed by atoms with E-state index in [2.05, 4.69) is 15.8 Å². The number of phenols is 1. The molecule has 0 fully saturated rings. The Balaban J connectivity index is 2.35. The quantitative estimate of drug-likeness (QED) is 0.295. The third-order valence-electron chi connectivity index (χ3n) is 2.32. The predicted octanol–water partition coefficient (Wildman–Crippen LogP) is -0.00500. The first-order valence-electron chi connectivity index (χ1n) is 6.03. The zero-order valence-electron chi connectivity index (χ0n) is 11.1. The van der Waals surface area contributed by atoms with Gasteiger partial charge in [-0.25, -0.2) is 5.43 Å². The number of carbonyl (C=O) groups excluding carboxylic acids is 2. The summed E-state index contributed by atoms with van der Waals surface area (Å²) in [4.78, 5) is 22.7. The van der Waals surface area contributed by atoms with Gasteiger partial charge >= 0.3 is 11.8 Å². The molecule has 0 heterocycles. The molecule has 7 heteroatoms. The number of carbonyl (C=O) groups is 2. The predicted molar refractivity (Wildman–Crippen MR) is 73.3 cm³/mol. The molecule has 20 heavy (non-hydrogen) atoms. The smallest absolute Gasteiger partial charge is 0.329 e. The van der Waals surface area contributed by atoms with Gasteiger partial charge in [0.1, 0.15) is 5.75 Å². The Bertz CT molecular complexity index is 488. The first-order chi connectivity index (χ1) is 9.65. The molecule has 0 radical (unpaired) electrons. The van der Waals surface area contributed by atoms with E-state index >= 15 is 0 Å². The number of benzene rings is 1. The van der Waals surface area contributed by atoms with E-state index in [1.807, 2.05) is 0 Å². The highest BCUT2D eigenvalue weighted by atomic mass is 16.5. The van der Waals surface area contributed by atoms with Crippen LogP contribution < -0.4 is 10.7 Å². The van der Waals surface area contributed by atoms with Crippen LogP contribution in [0.3, 0.4) is 0 Å². The number of hydrogen-bond donors (Lipinski definition) is 3. The average Bonchev–Trinajstić information content (AvgIpc) is 2.45. The van der Waals surface area contributed by atoms with Gasteiger partial charge in [0.15, 0.2) is 0 Å². The molecule has 2 amide bonds. The number of para-hydroxylation sites is 1. The van der Waals surface area contributed by atoms with Crippen LogP contribution in [0, 0.1) is 0 Å². The molecule has 0 saturated heterocycles. The molecule has 0 bridgehead atoms. The van der Waals surface area contributed by atoms with Gasteiger partial charge in [-0.2, -0.15) is 5.10 Å². The number of nitrogens with one attached hydrogen (secondary N) is 2. The fraction of sp³-hybridized carbons (Fsp3) is 0.308. The Hall–Kier alpha value is -2.41. The average molecular weight is 279 g/mol. The molecule has 1 aromatic carbocycles. The second-order valence-corrected chi connectivity index (χ2v) is 3.86. The highest BCUT2D eigenvalue weighted by molar-refractivity contribution is 6.35. The number of nitrogens with zero attached hydrogens (tertiary/aromatic N) is 1. The molecule has 1 aromatic rings. The lowest BCUT2D eigenvalue weighted by Gasteiger charge is -2.03. The summed E-state index contributed by atoms with van der Waals surface area (Å²) in [6.07, 6.45) is 1.88. The summed E-state index contributed by atoms with van der Waals surface area (Å²) in [7, 11) is 1.56. The van der Waals surface area contributed by atoms with Crippen molar-refractivity contribution >= 4 is 18.0 Å². The van der Waals surface area contributed by atoms with Crippen LogP contribution in [0.2, 0.25) is 0 Å². The second-order valence-electron chi connectivity index (χ2n) is 3.86. The fourth-order valence-electron chi connectivity index (χ4n) is 1.31. The molecule has 1 rings (SSSR count). The van der Waals surface area contributed by atoms with Crippen LogP contribution in [0.1, 0.15) is 12.0 Å². The van der Waals surface area contributed by atoms with E-state index < -0.39 is 11.8 Å². The van der Waals surface area contributed by atoms with E-state index in [1.54, 1.807) is 25.3 Å². The van der Waals surface area contributed by atoms with E-state index in [0.717, 1.165) is 0 Å². The van der Waals surface area contributed by atoms with Gasteiger partial charge in [-0.05, 0) is 18.6 Å². The maximum Gasteiger partial charge on any atom is 0.329 e. The molecule has 0 atom stereocenters. The van der Waals surface area contributed by atoms with Gasteiger partial charge < -0.3 is 15.2 Å². The number of aromatic hydroxyl groups is 1. The van der Waals surface area contributed by atoms with Crippen LogP contribution >= 0.6 is 0 Å². The maximum absolute atomic E-state index is 11.4. The number of hydrazone groups is 1. The number of amides is 2. The van der Waals surface area contributed by atoms with Gasteiger partial charge in [0.25, 0.3) is 0 Å². The lowest BCUT2D eigenvalue weighted by atomic mass is 10.2. The van der Waals surface area contributed by atoms with Crippen LogP contribution in [0.25, 0.3) is 0 Å². The molecule has 0 aliphatic heterocycles. The summed E-state index contributed by atoms with van der Waals surface area (Å²) in [5, 5.41) is 15.5. The molecule has 0 aliphatic carbocycles. The van der Waals surface area contributed by atoms with E-state index in [1.165, 1.54) is 12.3 Å². The molecule has 108 valence electrons. The number of phenolic OH excluding ortho intramolecular Hbond substituents is 1. The van der Waals surface area contributed by atoms with Crippen molar-refractivity contribution in [2.24, 2.45) is 5.10 Å². The lowest BCUT2D eigenvalue weighted by Crippen LogP contribution is -2.38. The van der Waals surface area contributed by atoms with Gasteiger partial charge in [0.2, 0.25) is 0 Å². The molecule has 3 N–H and O–H groups in total. The third-order valence-corrected chi connectivity index (χ3v) is 2.32. The zero-order chi connectivity index (χ0) is 14.8. The number of ether oxygens (including phenoxy) is 1. The standard InChI is InChI=1S/C13H17N3O4/c1-20-8-4-7-14-12(18)13(19)16-15-9-10-5-2-3-6-11(10)17/h2-3,5-6,9,17H,4,7-8H2,1H3,(H,14,18)(H,16,19)/b15-9+. The van der Waals surface area contributed by atoms with Crippen LogP contribution in [0.5, 0.6) is 5.75 Å². The highest BCUT2D eigenvalue weighted by Gasteiger charge is 2.11. The van der Waals surface area contributed by atoms with Crippen molar-refractivity contribution in [1.29, 1.82) is 0 Å². The van der Waals surface area contributed by atoms with E-state index in [0.29, 0.717) is 25.1 Å². The molecule has 0 spiro atoms. The summed E-state index contributed by atoms with van der Waals surface area (Å²) in [5.74, 6) is -1.60. The summed E-state index contributed by atoms with van der Waals surface area (Å²) >= 11 is 0. The highest BCUT2D eigenvalue weighted by Crippen LogP contribution is 2.12. The Labute approximate surface area is 116 Å². The molecule has 0 unspecified atom stereocenters. The summed E-state index contributed by atoms with van der Waals surface area (Å²) in [6.45, 7) is 0.858. The fourth-order valence-corrected chi connectivity index (χ4v) is 1.31. The van der Waals surface area contributed by atoms with Crippen LogP contribution in [-0.4, -0.2) is 43.4 Å². The van der Waals surface area contributed by atoms with Gasteiger partial charge in [-0.15, -0.1) is 0 Å². The lowest BCUT2D eigenvalue weighted by molar-refractivity contribution is -0.139. The van der Waals surface area contributed by atoms with E-state index in [9.17, 15) is 14.7 Å². The summed E-state index contributed by atoms with van der Waals surface area (Å²) in [5.41, 5.74) is 2.51. The summed E-state index contributed by atoms with van der Waals surface area (Å²) in [6, 6.07) is 6.49. The largest absolute Gasteiger partial charge is 0.507 e. The Morgan fingerprint density at radius 1 is 1.35 bits per heavy atom. The van der Waals surface area contributed by atoms with Gasteiger partial charge in [-0.3, -0.25) is 9.59 Å². The van der Waals surface area contributed by atoms with Crippen LogP contribution in [0.15, 0.2) is 29.4 Å². The molecular weight excluding hydrogens is 262 g/mol. The van der Waals surface area contributed by atoms with Gasteiger partial charge in [0, 0.05) is 25.8 Å². The number of methoxy groups -OCH3 is 1. The second kappa shape index (κ2) is 8.65. The van der Waals surface area contributed by atoms with Crippen LogP contribution in [0.4, 0.5) is 0 Å². The topological polar surface area (TPSA) is 100 Å². The Kier molecular flexibility index (Phi) is 6.77. The number of rotatable bonds is 6. The van der Waals surface area contributed by atoms with Crippen molar-refractivity contribution in [3.05, 3.63) is 29.8 Å². The summed E-state index contributed by atoms with van der Waals surface area (Å²) < 4.78 is 4.81. The normalized spacial score (nSPS) is 10.4. The van der Waals surface area contributed by atoms with Crippen molar-refractivity contribution in [1.82, 2.24) is 10.7 Å². The minimum Gasteiger partial charge on any atom is -0.507 e. The van der Waals surface area contributed by atoms with Crippen molar-refractivity contribution in [2.45, 2.75) is 6.42 Å². The third kappa shape index (κ3) is 5.49. The molecule has 0 saturated carbocycles.